The summed E-state index contributed by atoms with van der Waals surface area (Å²) < 4.78 is 0. The molecule has 1 heterocycles. The quantitative estimate of drug-likeness (QED) is 0.752. The Morgan fingerprint density at radius 1 is 0.808 bits per heavy atom. The Morgan fingerprint density at radius 3 is 1.69 bits per heavy atom. The Labute approximate surface area is 156 Å². The fourth-order valence-corrected chi connectivity index (χ4v) is 3.29. The summed E-state index contributed by atoms with van der Waals surface area (Å²) in [5, 5.41) is 8.85. The molecule has 2 aromatic rings. The van der Waals surface area contributed by atoms with Crippen LogP contribution in [0, 0.1) is 17.9 Å². The summed E-state index contributed by atoms with van der Waals surface area (Å²) in [4.78, 5) is 8.49. The van der Waals surface area contributed by atoms with E-state index in [9.17, 15) is 0 Å². The van der Waals surface area contributed by atoms with E-state index < -0.39 is 0 Å². The Bertz CT molecular complexity index is 703. The van der Waals surface area contributed by atoms with Crippen LogP contribution in [0.1, 0.15) is 16.7 Å². The van der Waals surface area contributed by atoms with Crippen molar-refractivity contribution in [3.8, 4) is 6.07 Å². The molecule has 4 nitrogen and oxygen atoms in total. The van der Waals surface area contributed by atoms with Crippen molar-refractivity contribution in [2.45, 2.75) is 12.8 Å². The Kier molecular flexibility index (Phi) is 6.39. The predicted molar refractivity (Wildman–Crippen MR) is 104 cm³/mol. The Morgan fingerprint density at radius 2 is 1.27 bits per heavy atom. The van der Waals surface area contributed by atoms with Crippen LogP contribution in [0.4, 0.5) is 5.69 Å². The predicted octanol–water partition coefficient (Wildman–Crippen LogP) is 3.51. The first-order valence-corrected chi connectivity index (χ1v) is 9.17. The molecular formula is C22H24N4. The Balaban J connectivity index is 1.37. The number of piperazine rings is 1. The van der Waals surface area contributed by atoms with Crippen LogP contribution in [0.2, 0.25) is 0 Å². The minimum Gasteiger partial charge on any atom is -0.300 e. The lowest BCUT2D eigenvalue weighted by Gasteiger charge is -2.34. The zero-order chi connectivity index (χ0) is 18.2. The van der Waals surface area contributed by atoms with Gasteiger partial charge < -0.3 is 9.80 Å². The number of rotatable bonds is 6. The summed E-state index contributed by atoms with van der Waals surface area (Å²) in [5.41, 5.74) is 4.05. The van der Waals surface area contributed by atoms with Gasteiger partial charge in [0.15, 0.2) is 5.69 Å². The number of hydrogen-bond donors (Lipinski definition) is 0. The van der Waals surface area contributed by atoms with E-state index in [2.05, 4.69) is 45.0 Å². The first-order chi connectivity index (χ1) is 12.8. The number of nitrogens with zero attached hydrogens (tertiary/aromatic N) is 4. The van der Waals surface area contributed by atoms with E-state index in [1.54, 1.807) is 0 Å². The van der Waals surface area contributed by atoms with Gasteiger partial charge in [0.1, 0.15) is 0 Å². The average Bonchev–Trinajstić information content (AvgIpc) is 2.72. The molecule has 0 bridgehead atoms. The molecule has 0 saturated carbocycles. The summed E-state index contributed by atoms with van der Waals surface area (Å²) in [7, 11) is 0. The highest BCUT2D eigenvalue weighted by molar-refractivity contribution is 5.45. The van der Waals surface area contributed by atoms with E-state index in [0.29, 0.717) is 5.69 Å². The van der Waals surface area contributed by atoms with Gasteiger partial charge in [0, 0.05) is 39.3 Å². The van der Waals surface area contributed by atoms with Gasteiger partial charge in [-0.2, -0.15) is 5.26 Å². The molecule has 1 saturated heterocycles. The maximum atomic E-state index is 8.85. The van der Waals surface area contributed by atoms with Crippen LogP contribution in [0.5, 0.6) is 0 Å². The van der Waals surface area contributed by atoms with Gasteiger partial charge in [0.05, 0.1) is 18.2 Å². The maximum Gasteiger partial charge on any atom is 0.187 e. The lowest BCUT2D eigenvalue weighted by Crippen LogP contribution is -2.47. The normalized spacial score (nSPS) is 15.3. The molecule has 0 spiro atoms. The smallest absolute Gasteiger partial charge is 0.187 e. The monoisotopic (exact) mass is 344 g/mol. The summed E-state index contributed by atoms with van der Waals surface area (Å²) in [6, 6.07) is 18.0. The van der Waals surface area contributed by atoms with E-state index in [1.807, 2.05) is 24.3 Å². The minimum absolute atomic E-state index is 0.713. The van der Waals surface area contributed by atoms with E-state index in [0.717, 1.165) is 57.7 Å². The largest absolute Gasteiger partial charge is 0.300 e. The van der Waals surface area contributed by atoms with Gasteiger partial charge in [-0.1, -0.05) is 36.4 Å². The molecule has 1 fully saturated rings. The minimum atomic E-state index is 0.713. The highest BCUT2D eigenvalue weighted by atomic mass is 15.3. The topological polar surface area (TPSA) is 34.6 Å². The second kappa shape index (κ2) is 9.15. The van der Waals surface area contributed by atoms with Gasteiger partial charge in [-0.15, -0.1) is 0 Å². The molecule has 0 aliphatic carbocycles. The van der Waals surface area contributed by atoms with Gasteiger partial charge in [-0.25, -0.2) is 4.85 Å². The fourth-order valence-electron chi connectivity index (χ4n) is 3.29. The van der Waals surface area contributed by atoms with E-state index in [1.165, 1.54) is 11.1 Å². The molecule has 1 aliphatic heterocycles. The molecule has 2 aromatic carbocycles. The van der Waals surface area contributed by atoms with Crippen molar-refractivity contribution in [1.29, 1.82) is 5.26 Å². The van der Waals surface area contributed by atoms with E-state index in [-0.39, 0.29) is 0 Å². The molecule has 0 amide bonds. The van der Waals surface area contributed by atoms with Gasteiger partial charge in [-0.05, 0) is 36.1 Å². The second-order valence-corrected chi connectivity index (χ2v) is 6.77. The van der Waals surface area contributed by atoms with Crippen LogP contribution in [0.25, 0.3) is 4.85 Å². The third kappa shape index (κ3) is 5.17. The summed E-state index contributed by atoms with van der Waals surface area (Å²) in [6.45, 7) is 13.6. The molecular weight excluding hydrogens is 320 g/mol. The SMILES string of the molecule is [C-]#[N+]c1ccc(CCN2CCN(CCc3ccc(C#N)cc3)CC2)cc1. The summed E-state index contributed by atoms with van der Waals surface area (Å²) in [5.74, 6) is 0. The zero-order valence-electron chi connectivity index (χ0n) is 15.1. The van der Waals surface area contributed by atoms with Crippen LogP contribution in [-0.4, -0.2) is 49.1 Å². The van der Waals surface area contributed by atoms with Crippen molar-refractivity contribution >= 4 is 5.69 Å². The van der Waals surface area contributed by atoms with Crippen molar-refractivity contribution < 1.29 is 0 Å². The molecule has 4 heteroatoms. The van der Waals surface area contributed by atoms with Crippen LogP contribution < -0.4 is 0 Å². The van der Waals surface area contributed by atoms with Crippen molar-refractivity contribution in [3.05, 3.63) is 76.6 Å². The Hall–Kier alpha value is -2.66. The van der Waals surface area contributed by atoms with Crippen molar-refractivity contribution in [2.75, 3.05) is 39.3 Å². The van der Waals surface area contributed by atoms with Gasteiger partial charge >= 0.3 is 0 Å². The van der Waals surface area contributed by atoms with Crippen molar-refractivity contribution in [1.82, 2.24) is 9.80 Å². The van der Waals surface area contributed by atoms with Crippen LogP contribution in [0.15, 0.2) is 48.5 Å². The molecule has 0 radical (unpaired) electrons. The number of nitriles is 1. The van der Waals surface area contributed by atoms with Crippen LogP contribution in [0.3, 0.4) is 0 Å². The average molecular weight is 344 g/mol. The lowest BCUT2D eigenvalue weighted by atomic mass is 10.1. The van der Waals surface area contributed by atoms with Gasteiger partial charge in [0.25, 0.3) is 0 Å². The zero-order valence-corrected chi connectivity index (χ0v) is 15.1. The summed E-state index contributed by atoms with van der Waals surface area (Å²) >= 11 is 0. The summed E-state index contributed by atoms with van der Waals surface area (Å²) in [6.07, 6.45) is 2.09. The fraction of sp³-hybridized carbons (Fsp3) is 0.364. The van der Waals surface area contributed by atoms with Crippen molar-refractivity contribution in [2.24, 2.45) is 0 Å². The van der Waals surface area contributed by atoms with Crippen LogP contribution in [-0.2, 0) is 12.8 Å². The first-order valence-electron chi connectivity index (χ1n) is 9.17. The molecule has 0 aromatic heterocycles. The lowest BCUT2D eigenvalue weighted by molar-refractivity contribution is 0.134. The molecule has 132 valence electrons. The van der Waals surface area contributed by atoms with E-state index in [4.69, 9.17) is 11.8 Å². The molecule has 0 unspecified atom stereocenters. The molecule has 0 N–H and O–H groups in total. The maximum absolute atomic E-state index is 8.85. The highest BCUT2D eigenvalue weighted by Gasteiger charge is 2.16. The second-order valence-electron chi connectivity index (χ2n) is 6.77. The highest BCUT2D eigenvalue weighted by Crippen LogP contribution is 2.14. The van der Waals surface area contributed by atoms with Gasteiger partial charge in [0.2, 0.25) is 0 Å². The third-order valence-corrected chi connectivity index (χ3v) is 5.05. The van der Waals surface area contributed by atoms with E-state index >= 15 is 0 Å². The molecule has 26 heavy (non-hydrogen) atoms. The molecule has 0 atom stereocenters. The first kappa shape index (κ1) is 18.1. The molecule has 1 aliphatic rings. The standard InChI is InChI=1S/C22H24N4/c1-24-22-8-6-20(7-9-22)11-13-26-16-14-25(15-17-26)12-10-19-2-4-21(18-23)5-3-19/h2-9H,10-17H2. The molecule has 3 rings (SSSR count). The van der Waals surface area contributed by atoms with Crippen LogP contribution >= 0.6 is 0 Å². The van der Waals surface area contributed by atoms with Crippen molar-refractivity contribution in [3.63, 3.8) is 0 Å². The number of hydrogen-bond acceptors (Lipinski definition) is 3. The van der Waals surface area contributed by atoms with Gasteiger partial charge in [-0.3, -0.25) is 0 Å². The third-order valence-electron chi connectivity index (χ3n) is 5.05. The number of benzene rings is 2.